The van der Waals surface area contributed by atoms with Gasteiger partial charge in [0.25, 0.3) is 11.7 Å². The van der Waals surface area contributed by atoms with Crippen molar-refractivity contribution in [2.45, 2.75) is 26.1 Å². The summed E-state index contributed by atoms with van der Waals surface area (Å²) in [5, 5.41) is 11.3. The number of carbonyl (C=O) groups is 2. The van der Waals surface area contributed by atoms with Crippen molar-refractivity contribution >= 4 is 33.4 Å². The van der Waals surface area contributed by atoms with E-state index < -0.39 is 17.7 Å². The molecule has 3 aromatic carbocycles. The number of nitrogens with zero attached hydrogens (tertiary/aromatic N) is 2. The van der Waals surface area contributed by atoms with Gasteiger partial charge in [-0.15, -0.1) is 0 Å². The molecule has 0 aliphatic carbocycles. The molecule has 7 heteroatoms. The fourth-order valence-electron chi connectivity index (χ4n) is 4.56. The molecule has 1 atom stereocenters. The van der Waals surface area contributed by atoms with Crippen LogP contribution in [0.3, 0.4) is 0 Å². The van der Waals surface area contributed by atoms with Crippen molar-refractivity contribution in [2.75, 3.05) is 0 Å². The van der Waals surface area contributed by atoms with Gasteiger partial charge in [0.05, 0.1) is 11.6 Å². The predicted octanol–water partition coefficient (Wildman–Crippen LogP) is 6.35. The third-order valence-electron chi connectivity index (χ3n) is 6.42. The maximum atomic E-state index is 13.3. The smallest absolute Gasteiger partial charge is 0.295 e. The summed E-state index contributed by atoms with van der Waals surface area (Å²) >= 11 is 3.44. The predicted molar refractivity (Wildman–Crippen MR) is 148 cm³/mol. The van der Waals surface area contributed by atoms with Gasteiger partial charge < -0.3 is 14.7 Å². The van der Waals surface area contributed by atoms with Crippen molar-refractivity contribution in [3.05, 3.63) is 135 Å². The van der Waals surface area contributed by atoms with E-state index in [9.17, 15) is 14.7 Å². The number of ketones is 1. The molecule has 1 N–H and O–H groups in total. The monoisotopic (exact) mass is 568 g/mol. The molecule has 1 aromatic heterocycles. The summed E-state index contributed by atoms with van der Waals surface area (Å²) in [6, 6.07) is 25.2. The van der Waals surface area contributed by atoms with E-state index in [1.165, 1.54) is 4.90 Å². The lowest BCUT2D eigenvalue weighted by Crippen LogP contribution is -2.29. The Bertz CT molecular complexity index is 1500. The highest BCUT2D eigenvalue weighted by molar-refractivity contribution is 9.10. The standard InChI is InChI=1S/C31H25BrN2O4/c1-20-4-2-5-21(16-20)19-38-26-13-9-24(10-14-26)29(35)27-28(23-7-11-25(32)12-8-23)34(31(37)30(27)36)18-22-6-3-15-33-17-22/h2-17,28,35H,18-19H2,1H3/t28-/m0/s1. The number of benzene rings is 3. The normalized spacial score (nSPS) is 16.6. The number of aromatic nitrogens is 1. The molecule has 1 amide bonds. The zero-order valence-corrected chi connectivity index (χ0v) is 22.3. The van der Waals surface area contributed by atoms with Crippen LogP contribution < -0.4 is 4.74 Å². The minimum absolute atomic E-state index is 0.0506. The molecule has 1 aliphatic heterocycles. The molecule has 1 aliphatic rings. The number of Topliss-reactive ketones (excluding diaryl/α,β-unsaturated/α-hetero) is 1. The van der Waals surface area contributed by atoms with Crippen LogP contribution in [0.5, 0.6) is 5.75 Å². The molecule has 5 rings (SSSR count). The number of ether oxygens (including phenoxy) is 1. The number of carbonyl (C=O) groups excluding carboxylic acids is 2. The van der Waals surface area contributed by atoms with Crippen molar-refractivity contribution in [3.63, 3.8) is 0 Å². The number of halogens is 1. The molecular weight excluding hydrogens is 544 g/mol. The number of aliphatic hydroxyl groups excluding tert-OH is 1. The van der Waals surface area contributed by atoms with Gasteiger partial charge in [-0.05, 0) is 66.1 Å². The molecule has 0 spiro atoms. The summed E-state index contributed by atoms with van der Waals surface area (Å²) in [5.74, 6) is -0.986. The van der Waals surface area contributed by atoms with Gasteiger partial charge in [0, 0.05) is 29.0 Å². The molecule has 0 bridgehead atoms. The molecule has 38 heavy (non-hydrogen) atoms. The lowest BCUT2D eigenvalue weighted by atomic mass is 9.95. The number of aryl methyl sites for hydroxylation is 1. The molecule has 0 unspecified atom stereocenters. The van der Waals surface area contributed by atoms with E-state index in [-0.39, 0.29) is 17.9 Å². The maximum Gasteiger partial charge on any atom is 0.295 e. The highest BCUT2D eigenvalue weighted by Gasteiger charge is 2.46. The van der Waals surface area contributed by atoms with Crippen LogP contribution >= 0.6 is 15.9 Å². The number of pyridine rings is 1. The molecule has 0 radical (unpaired) electrons. The van der Waals surface area contributed by atoms with E-state index in [4.69, 9.17) is 4.74 Å². The van der Waals surface area contributed by atoms with Gasteiger partial charge in [0.2, 0.25) is 0 Å². The van der Waals surface area contributed by atoms with Crippen LogP contribution in [-0.2, 0) is 22.7 Å². The molecular formula is C31H25BrN2O4. The molecule has 190 valence electrons. The summed E-state index contributed by atoms with van der Waals surface area (Å²) in [5.41, 5.74) is 4.19. The van der Waals surface area contributed by atoms with Crippen molar-refractivity contribution in [1.82, 2.24) is 9.88 Å². The van der Waals surface area contributed by atoms with Crippen LogP contribution in [0.25, 0.3) is 5.76 Å². The van der Waals surface area contributed by atoms with Crippen LogP contribution in [-0.4, -0.2) is 26.7 Å². The van der Waals surface area contributed by atoms with Crippen molar-refractivity contribution in [1.29, 1.82) is 0 Å². The average molecular weight is 569 g/mol. The zero-order chi connectivity index (χ0) is 26.6. The zero-order valence-electron chi connectivity index (χ0n) is 20.7. The Morgan fingerprint density at radius 3 is 2.39 bits per heavy atom. The number of amides is 1. The highest BCUT2D eigenvalue weighted by Crippen LogP contribution is 2.40. The van der Waals surface area contributed by atoms with Gasteiger partial charge in [-0.25, -0.2) is 0 Å². The van der Waals surface area contributed by atoms with Crippen LogP contribution in [0.4, 0.5) is 0 Å². The number of aliphatic hydroxyl groups is 1. The third-order valence-corrected chi connectivity index (χ3v) is 6.95. The summed E-state index contributed by atoms with van der Waals surface area (Å²) in [6.07, 6.45) is 3.31. The van der Waals surface area contributed by atoms with Crippen LogP contribution in [0.15, 0.2) is 107 Å². The van der Waals surface area contributed by atoms with Gasteiger partial charge in [-0.3, -0.25) is 14.6 Å². The average Bonchev–Trinajstić information content (AvgIpc) is 3.18. The van der Waals surface area contributed by atoms with E-state index in [0.717, 1.165) is 26.7 Å². The van der Waals surface area contributed by atoms with Crippen LogP contribution in [0, 0.1) is 6.92 Å². The van der Waals surface area contributed by atoms with E-state index in [1.54, 1.807) is 42.7 Å². The minimum atomic E-state index is -0.749. The van der Waals surface area contributed by atoms with E-state index in [1.807, 2.05) is 55.5 Å². The van der Waals surface area contributed by atoms with Crippen molar-refractivity contribution < 1.29 is 19.4 Å². The van der Waals surface area contributed by atoms with Gasteiger partial charge in [-0.1, -0.05) is 64.0 Å². The molecule has 1 fully saturated rings. The first-order chi connectivity index (χ1) is 18.4. The second-order valence-electron chi connectivity index (χ2n) is 9.14. The van der Waals surface area contributed by atoms with Gasteiger partial charge in [0.1, 0.15) is 18.1 Å². The fraction of sp³-hybridized carbons (Fsp3) is 0.129. The summed E-state index contributed by atoms with van der Waals surface area (Å²) < 4.78 is 6.76. The van der Waals surface area contributed by atoms with Crippen LogP contribution in [0.1, 0.15) is 33.9 Å². The lowest BCUT2D eigenvalue weighted by molar-refractivity contribution is -0.140. The first-order valence-corrected chi connectivity index (χ1v) is 12.9. The van der Waals surface area contributed by atoms with E-state index in [2.05, 4.69) is 27.0 Å². The molecule has 2 heterocycles. The molecule has 6 nitrogen and oxygen atoms in total. The first-order valence-electron chi connectivity index (χ1n) is 12.1. The number of rotatable bonds is 7. The summed E-state index contributed by atoms with van der Waals surface area (Å²) in [4.78, 5) is 32.1. The second-order valence-corrected chi connectivity index (χ2v) is 10.1. The Balaban J connectivity index is 1.47. The van der Waals surface area contributed by atoms with Gasteiger partial charge in [-0.2, -0.15) is 0 Å². The topological polar surface area (TPSA) is 79.7 Å². The Morgan fingerprint density at radius 1 is 0.974 bits per heavy atom. The maximum absolute atomic E-state index is 13.3. The molecule has 1 saturated heterocycles. The number of hydrogen-bond donors (Lipinski definition) is 1. The van der Waals surface area contributed by atoms with E-state index in [0.29, 0.717) is 17.9 Å². The minimum Gasteiger partial charge on any atom is -0.507 e. The highest BCUT2D eigenvalue weighted by atomic mass is 79.9. The summed E-state index contributed by atoms with van der Waals surface area (Å²) in [7, 11) is 0. The molecule has 0 saturated carbocycles. The second kappa shape index (κ2) is 11.0. The SMILES string of the molecule is Cc1cccc(COc2ccc(C(O)=C3C(=O)C(=O)N(Cc4cccnc4)[C@H]3c3ccc(Br)cc3)cc2)c1. The third kappa shape index (κ3) is 5.38. The van der Waals surface area contributed by atoms with Crippen LogP contribution in [0.2, 0.25) is 0 Å². The largest absolute Gasteiger partial charge is 0.507 e. The Hall–Kier alpha value is -4.23. The van der Waals surface area contributed by atoms with Crippen molar-refractivity contribution in [2.24, 2.45) is 0 Å². The van der Waals surface area contributed by atoms with Gasteiger partial charge in [0.15, 0.2) is 0 Å². The van der Waals surface area contributed by atoms with E-state index >= 15 is 0 Å². The number of likely N-dealkylation sites (tertiary alicyclic amines) is 1. The number of hydrogen-bond acceptors (Lipinski definition) is 5. The first kappa shape index (κ1) is 25.4. The van der Waals surface area contributed by atoms with Gasteiger partial charge >= 0.3 is 0 Å². The fourth-order valence-corrected chi connectivity index (χ4v) is 4.82. The lowest BCUT2D eigenvalue weighted by Gasteiger charge is -2.25. The Morgan fingerprint density at radius 2 is 1.71 bits per heavy atom. The summed E-state index contributed by atoms with van der Waals surface area (Å²) in [6.45, 7) is 2.63. The van der Waals surface area contributed by atoms with Crippen molar-refractivity contribution in [3.8, 4) is 5.75 Å². The quantitative estimate of drug-likeness (QED) is 0.159. The Kier molecular flexibility index (Phi) is 7.38. The Labute approximate surface area is 229 Å². The molecule has 4 aromatic rings.